The molecule has 0 spiro atoms. The first-order valence-electron chi connectivity index (χ1n) is 5.85. The van der Waals surface area contributed by atoms with E-state index in [1.54, 1.807) is 18.2 Å². The standard InChI is InChI=1S/C16H14O3/c1-19-14-10-9-13(15(11-14)16(17)18)8-7-12-5-3-2-4-6-12/h2-11H,1H3,(H,17,18)/b8-7+. The smallest absolute Gasteiger partial charge is 0.336 e. The van der Waals surface area contributed by atoms with Gasteiger partial charge in [-0.25, -0.2) is 4.79 Å². The number of carboxylic acids is 1. The normalized spacial score (nSPS) is 10.6. The first-order chi connectivity index (χ1) is 9.20. The van der Waals surface area contributed by atoms with Crippen molar-refractivity contribution >= 4 is 18.1 Å². The third-order valence-corrected chi connectivity index (χ3v) is 2.75. The average Bonchev–Trinajstić information content (AvgIpc) is 2.46. The van der Waals surface area contributed by atoms with E-state index in [9.17, 15) is 9.90 Å². The molecular weight excluding hydrogens is 240 g/mol. The molecule has 0 unspecified atom stereocenters. The summed E-state index contributed by atoms with van der Waals surface area (Å²) in [5.41, 5.74) is 1.90. The summed E-state index contributed by atoms with van der Waals surface area (Å²) in [5.74, 6) is -0.430. The fourth-order valence-electron chi connectivity index (χ4n) is 1.74. The van der Waals surface area contributed by atoms with E-state index in [0.717, 1.165) is 5.56 Å². The van der Waals surface area contributed by atoms with Crippen LogP contribution in [0.4, 0.5) is 0 Å². The molecule has 96 valence electrons. The van der Waals surface area contributed by atoms with Gasteiger partial charge in [-0.3, -0.25) is 0 Å². The molecule has 2 rings (SSSR count). The molecule has 0 saturated carbocycles. The molecule has 0 aromatic heterocycles. The average molecular weight is 254 g/mol. The van der Waals surface area contributed by atoms with Crippen molar-refractivity contribution in [3.05, 3.63) is 65.2 Å². The third-order valence-electron chi connectivity index (χ3n) is 2.75. The lowest BCUT2D eigenvalue weighted by atomic mass is 10.1. The summed E-state index contributed by atoms with van der Waals surface area (Å²) in [4.78, 5) is 11.2. The summed E-state index contributed by atoms with van der Waals surface area (Å²) in [7, 11) is 1.51. The van der Waals surface area contributed by atoms with Crippen LogP contribution in [0.5, 0.6) is 5.75 Å². The second-order valence-corrected chi connectivity index (χ2v) is 4.00. The van der Waals surface area contributed by atoms with Crippen LogP contribution in [0.3, 0.4) is 0 Å². The molecular formula is C16H14O3. The molecule has 0 amide bonds. The van der Waals surface area contributed by atoms with Gasteiger partial charge in [-0.2, -0.15) is 0 Å². The summed E-state index contributed by atoms with van der Waals surface area (Å²) in [6.07, 6.45) is 3.67. The Balaban J connectivity index is 2.34. The molecule has 0 atom stereocenters. The van der Waals surface area contributed by atoms with Crippen molar-refractivity contribution in [3.63, 3.8) is 0 Å². The summed E-state index contributed by atoms with van der Waals surface area (Å²) in [6.45, 7) is 0. The van der Waals surface area contributed by atoms with Gasteiger partial charge < -0.3 is 9.84 Å². The summed E-state index contributed by atoms with van der Waals surface area (Å²) >= 11 is 0. The number of hydrogen-bond donors (Lipinski definition) is 1. The minimum absolute atomic E-state index is 0.228. The predicted molar refractivity (Wildman–Crippen MR) is 75.3 cm³/mol. The van der Waals surface area contributed by atoms with Crippen molar-refractivity contribution in [2.45, 2.75) is 0 Å². The summed E-state index contributed by atoms with van der Waals surface area (Å²) in [6, 6.07) is 14.7. The van der Waals surface area contributed by atoms with E-state index < -0.39 is 5.97 Å². The number of rotatable bonds is 4. The minimum Gasteiger partial charge on any atom is -0.497 e. The van der Waals surface area contributed by atoms with Crippen LogP contribution in [0.2, 0.25) is 0 Å². The number of ether oxygens (including phenoxy) is 1. The van der Waals surface area contributed by atoms with E-state index in [0.29, 0.717) is 11.3 Å². The molecule has 0 aliphatic carbocycles. The molecule has 0 aliphatic heterocycles. The highest BCUT2D eigenvalue weighted by atomic mass is 16.5. The van der Waals surface area contributed by atoms with Gasteiger partial charge in [-0.15, -0.1) is 0 Å². The maximum absolute atomic E-state index is 11.2. The molecule has 1 N–H and O–H groups in total. The Morgan fingerprint density at radius 1 is 1.11 bits per heavy atom. The maximum atomic E-state index is 11.2. The highest BCUT2D eigenvalue weighted by Crippen LogP contribution is 2.20. The molecule has 0 saturated heterocycles. The Kier molecular flexibility index (Phi) is 3.98. The molecule has 19 heavy (non-hydrogen) atoms. The molecule has 3 heteroatoms. The van der Waals surface area contributed by atoms with Crippen LogP contribution in [0, 0.1) is 0 Å². The van der Waals surface area contributed by atoms with E-state index in [1.807, 2.05) is 36.4 Å². The van der Waals surface area contributed by atoms with Gasteiger partial charge in [0, 0.05) is 0 Å². The molecule has 0 radical (unpaired) electrons. The molecule has 0 aliphatic rings. The fraction of sp³-hybridized carbons (Fsp3) is 0.0625. The second kappa shape index (κ2) is 5.87. The lowest BCUT2D eigenvalue weighted by molar-refractivity contribution is 0.0696. The fourth-order valence-corrected chi connectivity index (χ4v) is 1.74. The number of hydrogen-bond acceptors (Lipinski definition) is 2. The van der Waals surface area contributed by atoms with E-state index in [4.69, 9.17) is 4.74 Å². The van der Waals surface area contributed by atoms with Gasteiger partial charge in [-0.05, 0) is 23.3 Å². The summed E-state index contributed by atoms with van der Waals surface area (Å²) < 4.78 is 5.04. The van der Waals surface area contributed by atoms with Gasteiger partial charge in [-0.1, -0.05) is 48.6 Å². The van der Waals surface area contributed by atoms with Crippen LogP contribution < -0.4 is 4.74 Å². The maximum Gasteiger partial charge on any atom is 0.336 e. The molecule has 2 aromatic carbocycles. The first kappa shape index (κ1) is 12.9. The van der Waals surface area contributed by atoms with Crippen molar-refractivity contribution in [1.82, 2.24) is 0 Å². The number of methoxy groups -OCH3 is 1. The van der Waals surface area contributed by atoms with Crippen molar-refractivity contribution in [1.29, 1.82) is 0 Å². The Bertz CT molecular complexity index is 601. The zero-order chi connectivity index (χ0) is 13.7. The number of benzene rings is 2. The van der Waals surface area contributed by atoms with Gasteiger partial charge in [0.05, 0.1) is 12.7 Å². The topological polar surface area (TPSA) is 46.5 Å². The summed E-state index contributed by atoms with van der Waals surface area (Å²) in [5, 5.41) is 9.19. The zero-order valence-corrected chi connectivity index (χ0v) is 10.5. The highest BCUT2D eigenvalue weighted by molar-refractivity contribution is 5.94. The lowest BCUT2D eigenvalue weighted by Gasteiger charge is -2.04. The van der Waals surface area contributed by atoms with Crippen LogP contribution >= 0.6 is 0 Å². The quantitative estimate of drug-likeness (QED) is 0.848. The van der Waals surface area contributed by atoms with Crippen molar-refractivity contribution in [2.75, 3.05) is 7.11 Å². The number of aromatic carboxylic acids is 1. The van der Waals surface area contributed by atoms with E-state index in [2.05, 4.69) is 0 Å². The Labute approximate surface area is 111 Å². The Morgan fingerprint density at radius 2 is 1.84 bits per heavy atom. The van der Waals surface area contributed by atoms with Crippen LogP contribution in [-0.2, 0) is 0 Å². The van der Waals surface area contributed by atoms with Crippen LogP contribution in [-0.4, -0.2) is 18.2 Å². The minimum atomic E-state index is -0.966. The Morgan fingerprint density at radius 3 is 2.47 bits per heavy atom. The van der Waals surface area contributed by atoms with Crippen LogP contribution in [0.25, 0.3) is 12.2 Å². The van der Waals surface area contributed by atoms with Gasteiger partial charge in [0.15, 0.2) is 0 Å². The van der Waals surface area contributed by atoms with Crippen LogP contribution in [0.15, 0.2) is 48.5 Å². The van der Waals surface area contributed by atoms with Gasteiger partial charge >= 0.3 is 5.97 Å². The van der Waals surface area contributed by atoms with Crippen molar-refractivity contribution in [2.24, 2.45) is 0 Å². The van der Waals surface area contributed by atoms with Gasteiger partial charge in [0.25, 0.3) is 0 Å². The highest BCUT2D eigenvalue weighted by Gasteiger charge is 2.09. The van der Waals surface area contributed by atoms with E-state index >= 15 is 0 Å². The molecule has 0 bridgehead atoms. The van der Waals surface area contributed by atoms with E-state index in [1.165, 1.54) is 13.2 Å². The van der Waals surface area contributed by atoms with Gasteiger partial charge in [0.2, 0.25) is 0 Å². The molecule has 3 nitrogen and oxygen atoms in total. The monoisotopic (exact) mass is 254 g/mol. The first-order valence-corrected chi connectivity index (χ1v) is 5.85. The zero-order valence-electron chi connectivity index (χ0n) is 10.5. The van der Waals surface area contributed by atoms with E-state index in [-0.39, 0.29) is 5.56 Å². The second-order valence-electron chi connectivity index (χ2n) is 4.00. The predicted octanol–water partition coefficient (Wildman–Crippen LogP) is 3.56. The van der Waals surface area contributed by atoms with Crippen LogP contribution in [0.1, 0.15) is 21.5 Å². The third kappa shape index (κ3) is 3.22. The number of carboxylic acid groups (broad SMARTS) is 1. The molecule has 0 heterocycles. The molecule has 0 fully saturated rings. The Hall–Kier alpha value is -2.55. The van der Waals surface area contributed by atoms with Crippen molar-refractivity contribution in [3.8, 4) is 5.75 Å². The largest absolute Gasteiger partial charge is 0.497 e. The SMILES string of the molecule is COc1ccc(/C=C/c2ccccc2)c(C(=O)O)c1. The lowest BCUT2D eigenvalue weighted by Crippen LogP contribution is -2.00. The molecule has 2 aromatic rings. The number of carbonyl (C=O) groups is 1. The van der Waals surface area contributed by atoms with Crippen molar-refractivity contribution < 1.29 is 14.6 Å². The van der Waals surface area contributed by atoms with Gasteiger partial charge in [0.1, 0.15) is 5.75 Å².